The number of nitrogens with two attached hydrogens (primary N) is 1. The van der Waals surface area contributed by atoms with E-state index in [-0.39, 0.29) is 23.5 Å². The molecule has 0 spiro atoms. The number of nitriles is 1. The lowest BCUT2D eigenvalue weighted by atomic mass is 9.92. The molecule has 1 aliphatic heterocycles. The maximum Gasteiger partial charge on any atom is 0.150 e. The molecule has 0 radical (unpaired) electrons. The van der Waals surface area contributed by atoms with Crippen molar-refractivity contribution in [3.8, 4) is 6.07 Å². The van der Waals surface area contributed by atoms with Crippen LogP contribution in [0.4, 0.5) is 11.6 Å². The molecule has 6 heteroatoms. The Balaban J connectivity index is 2.05. The van der Waals surface area contributed by atoms with Crippen LogP contribution in [0.2, 0.25) is 0 Å². The summed E-state index contributed by atoms with van der Waals surface area (Å²) < 4.78 is 0. The lowest BCUT2D eigenvalue weighted by Crippen LogP contribution is -2.38. The first kappa shape index (κ1) is 18.5. The van der Waals surface area contributed by atoms with Gasteiger partial charge in [-0.25, -0.2) is 9.97 Å². The summed E-state index contributed by atoms with van der Waals surface area (Å²) in [6.45, 7) is 12.8. The van der Waals surface area contributed by atoms with E-state index in [9.17, 15) is 5.26 Å². The topological polar surface area (TPSA) is 90.9 Å². The van der Waals surface area contributed by atoms with Crippen LogP contribution < -0.4 is 11.1 Å². The third kappa shape index (κ3) is 3.24. The summed E-state index contributed by atoms with van der Waals surface area (Å²) in [5, 5.41) is 12.7. The molecule has 3 N–H and O–H groups in total. The number of nitrogens with zero attached hydrogens (tertiary/aromatic N) is 4. The van der Waals surface area contributed by atoms with Crippen molar-refractivity contribution in [2.75, 3.05) is 11.1 Å². The molecule has 1 atom stereocenters. The van der Waals surface area contributed by atoms with Gasteiger partial charge in [-0.1, -0.05) is 24.8 Å². The van der Waals surface area contributed by atoms with Gasteiger partial charge >= 0.3 is 0 Å². The quantitative estimate of drug-likeness (QED) is 0.862. The zero-order valence-electron chi connectivity index (χ0n) is 16.1. The minimum absolute atomic E-state index is 0.112. The summed E-state index contributed by atoms with van der Waals surface area (Å²) >= 11 is 0. The number of nitrogens with one attached hydrogen (secondary N) is 1. The largest absolute Gasteiger partial charge is 0.382 e. The molecule has 6 nitrogen and oxygen atoms in total. The smallest absolute Gasteiger partial charge is 0.150 e. The van der Waals surface area contributed by atoms with E-state index in [0.717, 1.165) is 17.0 Å². The predicted molar refractivity (Wildman–Crippen MR) is 109 cm³/mol. The van der Waals surface area contributed by atoms with Crippen molar-refractivity contribution in [2.24, 2.45) is 0 Å². The molecule has 0 saturated heterocycles. The average molecular weight is 360 g/mol. The lowest BCUT2D eigenvalue weighted by molar-refractivity contribution is 0.387. The fourth-order valence-electron chi connectivity index (χ4n) is 3.55. The van der Waals surface area contributed by atoms with Crippen LogP contribution in [-0.4, -0.2) is 27.0 Å². The zero-order valence-corrected chi connectivity index (χ0v) is 16.1. The highest BCUT2D eigenvalue weighted by molar-refractivity contribution is 5.81. The van der Waals surface area contributed by atoms with Crippen LogP contribution in [0, 0.1) is 18.3 Å². The van der Waals surface area contributed by atoms with E-state index in [4.69, 9.17) is 5.73 Å². The number of benzene rings is 1. The Hall–Kier alpha value is -3.33. The number of rotatable bonds is 4. The Morgan fingerprint density at radius 3 is 2.67 bits per heavy atom. The monoisotopic (exact) mass is 360 g/mol. The van der Waals surface area contributed by atoms with Gasteiger partial charge in [-0.15, -0.1) is 0 Å². The zero-order chi connectivity index (χ0) is 19.7. The van der Waals surface area contributed by atoms with E-state index >= 15 is 0 Å². The maximum atomic E-state index is 9.38. The van der Waals surface area contributed by atoms with Gasteiger partial charge in [0.05, 0.1) is 6.04 Å². The Labute approximate surface area is 160 Å². The summed E-state index contributed by atoms with van der Waals surface area (Å²) in [5.41, 5.74) is 11.6. The van der Waals surface area contributed by atoms with E-state index in [1.165, 1.54) is 17.5 Å². The summed E-state index contributed by atoms with van der Waals surface area (Å²) in [5.74, 6) is 0.605. The van der Waals surface area contributed by atoms with Crippen molar-refractivity contribution in [3.63, 3.8) is 0 Å². The van der Waals surface area contributed by atoms with Gasteiger partial charge in [0.1, 0.15) is 29.6 Å². The van der Waals surface area contributed by atoms with Gasteiger partial charge in [0.2, 0.25) is 0 Å². The number of fused-ring (bicyclic) bond motifs is 1. The third-order valence-corrected chi connectivity index (χ3v) is 4.77. The molecule has 3 rings (SSSR count). The molecule has 0 aliphatic carbocycles. The molecule has 0 fully saturated rings. The first-order chi connectivity index (χ1) is 12.8. The van der Waals surface area contributed by atoms with Crippen LogP contribution in [-0.2, 0) is 0 Å². The second kappa shape index (κ2) is 7.12. The van der Waals surface area contributed by atoms with Gasteiger partial charge in [0.25, 0.3) is 0 Å². The summed E-state index contributed by atoms with van der Waals surface area (Å²) in [7, 11) is 0. The summed E-state index contributed by atoms with van der Waals surface area (Å²) in [4.78, 5) is 10.3. The summed E-state index contributed by atoms with van der Waals surface area (Å²) in [6, 6.07) is 8.45. The fraction of sp³-hybridized carbons (Fsp3) is 0.286. The molecule has 27 heavy (non-hydrogen) atoms. The number of anilines is 2. The molecule has 1 aromatic heterocycles. The Morgan fingerprint density at radius 1 is 1.26 bits per heavy atom. The number of hydrogen-bond acceptors (Lipinski definition) is 6. The van der Waals surface area contributed by atoms with Gasteiger partial charge in [-0.2, -0.15) is 5.26 Å². The highest BCUT2D eigenvalue weighted by atomic mass is 15.2. The second-order valence-corrected chi connectivity index (χ2v) is 6.98. The first-order valence-corrected chi connectivity index (χ1v) is 8.92. The van der Waals surface area contributed by atoms with Crippen molar-refractivity contribution in [1.82, 2.24) is 14.9 Å². The Morgan fingerprint density at radius 2 is 2.00 bits per heavy atom. The van der Waals surface area contributed by atoms with Gasteiger partial charge in [0, 0.05) is 23.0 Å². The number of hydrogen-bond donors (Lipinski definition) is 2. The third-order valence-electron chi connectivity index (χ3n) is 4.77. The van der Waals surface area contributed by atoms with Crippen molar-refractivity contribution in [1.29, 1.82) is 5.26 Å². The van der Waals surface area contributed by atoms with Crippen molar-refractivity contribution < 1.29 is 0 Å². The minimum Gasteiger partial charge on any atom is -0.382 e. The van der Waals surface area contributed by atoms with E-state index in [2.05, 4.69) is 77.9 Å². The molecule has 2 aromatic rings. The van der Waals surface area contributed by atoms with Crippen molar-refractivity contribution in [2.45, 2.75) is 39.8 Å². The number of aromatic nitrogens is 2. The summed E-state index contributed by atoms with van der Waals surface area (Å²) in [6.07, 6.45) is 3.53. The lowest BCUT2D eigenvalue weighted by Gasteiger charge is -2.40. The molecular weight excluding hydrogens is 336 g/mol. The average Bonchev–Trinajstić information content (AvgIpc) is 2.61. The SMILES string of the molecule is C=C1c2c(C)cccc2C=C([C@H](C)Nc2ncnc(N)c2C#N)N1C(C)C. The standard InChI is InChI=1S/C21H24N6/c1-12(2)27-15(5)19-13(3)7-6-8-16(19)9-18(27)14(4)26-21-17(10-22)20(23)24-11-25-21/h6-9,11-12,14H,5H2,1-4H3,(H3,23,24,25,26)/t14-/m0/s1. The molecule has 138 valence electrons. The second-order valence-electron chi connectivity index (χ2n) is 6.98. The molecule has 2 heterocycles. The van der Waals surface area contributed by atoms with Crippen LogP contribution in [0.3, 0.4) is 0 Å². The van der Waals surface area contributed by atoms with E-state index in [0.29, 0.717) is 5.82 Å². The molecular formula is C21H24N6. The van der Waals surface area contributed by atoms with Gasteiger partial charge in [-0.05, 0) is 44.9 Å². The van der Waals surface area contributed by atoms with E-state index in [1.54, 1.807) is 0 Å². The van der Waals surface area contributed by atoms with E-state index < -0.39 is 0 Å². The Bertz CT molecular complexity index is 967. The maximum absolute atomic E-state index is 9.38. The number of nitrogen functional groups attached to an aromatic ring is 1. The minimum atomic E-state index is -0.112. The highest BCUT2D eigenvalue weighted by Gasteiger charge is 2.28. The Kier molecular flexibility index (Phi) is 4.87. The van der Waals surface area contributed by atoms with E-state index in [1.807, 2.05) is 6.92 Å². The van der Waals surface area contributed by atoms with Gasteiger partial charge in [0.15, 0.2) is 0 Å². The first-order valence-electron chi connectivity index (χ1n) is 8.92. The molecule has 0 unspecified atom stereocenters. The molecule has 0 bridgehead atoms. The normalized spacial score (nSPS) is 14.4. The molecule has 0 amide bonds. The number of aryl methyl sites for hydroxylation is 1. The fourth-order valence-corrected chi connectivity index (χ4v) is 3.55. The predicted octanol–water partition coefficient (Wildman–Crippen LogP) is 3.78. The van der Waals surface area contributed by atoms with Gasteiger partial charge < -0.3 is 16.0 Å². The molecule has 1 aliphatic rings. The molecule has 1 aromatic carbocycles. The highest BCUT2D eigenvalue weighted by Crippen LogP contribution is 2.37. The van der Waals surface area contributed by atoms with Gasteiger partial charge in [-0.3, -0.25) is 0 Å². The van der Waals surface area contributed by atoms with Crippen LogP contribution in [0.25, 0.3) is 11.8 Å². The molecule has 0 saturated carbocycles. The van der Waals surface area contributed by atoms with Crippen molar-refractivity contribution in [3.05, 3.63) is 59.1 Å². The van der Waals surface area contributed by atoms with Crippen LogP contribution in [0.1, 0.15) is 43.0 Å². The van der Waals surface area contributed by atoms with Crippen LogP contribution >= 0.6 is 0 Å². The van der Waals surface area contributed by atoms with Crippen molar-refractivity contribution >= 4 is 23.4 Å². The van der Waals surface area contributed by atoms with Crippen LogP contribution in [0.15, 0.2) is 36.8 Å². The van der Waals surface area contributed by atoms with Crippen LogP contribution in [0.5, 0.6) is 0 Å².